The lowest BCUT2D eigenvalue weighted by atomic mass is 9.95. The summed E-state index contributed by atoms with van der Waals surface area (Å²) < 4.78 is -0.378. The normalized spacial score (nSPS) is 19.4. The molecule has 1 saturated heterocycles. The molecule has 0 bridgehead atoms. The van der Waals surface area contributed by atoms with Gasteiger partial charge in [0.1, 0.15) is 0 Å². The molecule has 3 amide bonds. The molecule has 2 aliphatic rings. The van der Waals surface area contributed by atoms with Gasteiger partial charge in [-0.25, -0.2) is 9.59 Å². The van der Waals surface area contributed by atoms with Crippen molar-refractivity contribution in [2.75, 3.05) is 13.1 Å². The fourth-order valence-corrected chi connectivity index (χ4v) is 4.63. The van der Waals surface area contributed by atoms with Crippen molar-refractivity contribution in [3.63, 3.8) is 0 Å². The van der Waals surface area contributed by atoms with Gasteiger partial charge >= 0.3 is 17.7 Å². The SMILES string of the molecule is O=C(NC1CCCCC1)C(=O)[N+]1(C(=O)c2ccc3ccccc3c2)CCCC1. The van der Waals surface area contributed by atoms with Crippen molar-refractivity contribution < 1.29 is 18.9 Å². The Morgan fingerprint density at radius 1 is 0.821 bits per heavy atom. The van der Waals surface area contributed by atoms with Crippen LogP contribution in [0.4, 0.5) is 0 Å². The number of amides is 3. The second-order valence-electron chi connectivity index (χ2n) is 8.10. The third kappa shape index (κ3) is 3.47. The average molecular weight is 379 g/mol. The van der Waals surface area contributed by atoms with Crippen molar-refractivity contribution in [3.05, 3.63) is 48.0 Å². The van der Waals surface area contributed by atoms with Gasteiger partial charge in [0.25, 0.3) is 0 Å². The van der Waals surface area contributed by atoms with Gasteiger partial charge in [-0.2, -0.15) is 4.48 Å². The van der Waals surface area contributed by atoms with Gasteiger partial charge in [0.05, 0.1) is 18.7 Å². The lowest BCUT2D eigenvalue weighted by Gasteiger charge is -2.29. The molecular weight excluding hydrogens is 352 g/mol. The molecule has 1 heterocycles. The van der Waals surface area contributed by atoms with Crippen molar-refractivity contribution in [2.45, 2.75) is 51.0 Å². The first-order chi connectivity index (χ1) is 13.6. The molecule has 2 aromatic carbocycles. The van der Waals surface area contributed by atoms with Gasteiger partial charge in [-0.05, 0) is 35.7 Å². The number of benzene rings is 2. The predicted octanol–water partition coefficient (Wildman–Crippen LogP) is 3.57. The smallest absolute Gasteiger partial charge is 0.342 e. The fourth-order valence-electron chi connectivity index (χ4n) is 4.63. The van der Waals surface area contributed by atoms with Crippen molar-refractivity contribution in [3.8, 4) is 0 Å². The Kier molecular flexibility index (Phi) is 5.27. The number of fused-ring (bicyclic) bond motifs is 1. The molecule has 2 aromatic rings. The maximum absolute atomic E-state index is 13.4. The molecule has 4 rings (SSSR count). The number of rotatable bonds is 2. The van der Waals surface area contributed by atoms with Crippen LogP contribution in [0.1, 0.15) is 55.3 Å². The fraction of sp³-hybridized carbons (Fsp3) is 0.435. The minimum atomic E-state index is -0.596. The summed E-state index contributed by atoms with van der Waals surface area (Å²) in [6, 6.07) is 13.4. The Bertz CT molecular complexity index is 909. The van der Waals surface area contributed by atoms with Gasteiger partial charge in [0.2, 0.25) is 0 Å². The number of quaternary nitrogens is 1. The molecule has 0 aromatic heterocycles. The summed E-state index contributed by atoms with van der Waals surface area (Å²) in [7, 11) is 0. The van der Waals surface area contributed by atoms with Gasteiger partial charge in [-0.1, -0.05) is 49.6 Å². The van der Waals surface area contributed by atoms with Gasteiger partial charge in [-0.15, -0.1) is 0 Å². The Labute approximate surface area is 165 Å². The van der Waals surface area contributed by atoms with E-state index in [9.17, 15) is 14.4 Å². The van der Waals surface area contributed by atoms with Crippen LogP contribution in [0.3, 0.4) is 0 Å². The van der Waals surface area contributed by atoms with Crippen LogP contribution < -0.4 is 5.32 Å². The van der Waals surface area contributed by atoms with Crippen molar-refractivity contribution >= 4 is 28.5 Å². The van der Waals surface area contributed by atoms with Crippen molar-refractivity contribution in [1.82, 2.24) is 5.32 Å². The van der Waals surface area contributed by atoms with Gasteiger partial charge in [-0.3, -0.25) is 4.79 Å². The van der Waals surface area contributed by atoms with Crippen LogP contribution >= 0.6 is 0 Å². The summed E-state index contributed by atoms with van der Waals surface area (Å²) in [6.07, 6.45) is 6.73. The van der Waals surface area contributed by atoms with E-state index in [1.54, 1.807) is 6.07 Å². The zero-order chi connectivity index (χ0) is 19.6. The summed E-state index contributed by atoms with van der Waals surface area (Å²) in [4.78, 5) is 39.3. The van der Waals surface area contributed by atoms with Crippen LogP contribution in [-0.4, -0.2) is 41.3 Å². The minimum absolute atomic E-state index is 0.0589. The van der Waals surface area contributed by atoms with E-state index in [1.807, 2.05) is 36.4 Å². The Hall–Kier alpha value is -2.53. The quantitative estimate of drug-likeness (QED) is 0.641. The maximum atomic E-state index is 13.4. The van der Waals surface area contributed by atoms with E-state index in [0.717, 1.165) is 49.3 Å². The lowest BCUT2D eigenvalue weighted by molar-refractivity contribution is -0.754. The highest BCUT2D eigenvalue weighted by Gasteiger charge is 2.51. The van der Waals surface area contributed by atoms with E-state index < -0.39 is 11.8 Å². The summed E-state index contributed by atoms with van der Waals surface area (Å²) in [5.74, 6) is -1.45. The predicted molar refractivity (Wildman–Crippen MR) is 108 cm³/mol. The maximum Gasteiger partial charge on any atom is 0.411 e. The number of carbonyl (C=O) groups excluding carboxylic acids is 3. The summed E-state index contributed by atoms with van der Waals surface area (Å²) in [5, 5.41) is 4.91. The summed E-state index contributed by atoms with van der Waals surface area (Å²) >= 11 is 0. The second kappa shape index (κ2) is 7.84. The molecule has 0 spiro atoms. The first-order valence-corrected chi connectivity index (χ1v) is 10.4. The lowest BCUT2D eigenvalue weighted by Crippen LogP contribution is -2.60. The van der Waals surface area contributed by atoms with Crippen molar-refractivity contribution in [2.24, 2.45) is 0 Å². The third-order valence-electron chi connectivity index (χ3n) is 6.24. The number of hydrogen-bond acceptors (Lipinski definition) is 3. The van der Waals surface area contributed by atoms with Crippen LogP contribution in [0.25, 0.3) is 10.8 Å². The minimum Gasteiger partial charge on any atom is -0.342 e. The van der Waals surface area contributed by atoms with Crippen molar-refractivity contribution in [1.29, 1.82) is 0 Å². The largest absolute Gasteiger partial charge is 0.411 e. The molecule has 28 heavy (non-hydrogen) atoms. The molecule has 0 unspecified atom stereocenters. The van der Waals surface area contributed by atoms with Crippen LogP contribution in [0.2, 0.25) is 0 Å². The zero-order valence-electron chi connectivity index (χ0n) is 16.2. The highest BCUT2D eigenvalue weighted by atomic mass is 16.2. The molecule has 0 atom stereocenters. The number of imide groups is 1. The van der Waals surface area contributed by atoms with Gasteiger partial charge in [0.15, 0.2) is 0 Å². The first-order valence-electron chi connectivity index (χ1n) is 10.4. The number of nitrogens with one attached hydrogen (secondary N) is 1. The third-order valence-corrected chi connectivity index (χ3v) is 6.24. The summed E-state index contributed by atoms with van der Waals surface area (Å²) in [6.45, 7) is 0.811. The molecule has 0 radical (unpaired) electrons. The second-order valence-corrected chi connectivity index (χ2v) is 8.10. The van der Waals surface area contributed by atoms with Gasteiger partial charge in [0, 0.05) is 18.9 Å². The topological polar surface area (TPSA) is 63.2 Å². The molecule has 1 aliphatic heterocycles. The number of nitrogens with zero attached hydrogens (tertiary/aromatic N) is 1. The molecule has 5 heteroatoms. The van der Waals surface area contributed by atoms with Crippen LogP contribution in [0.5, 0.6) is 0 Å². The molecule has 2 fully saturated rings. The number of hydrogen-bond donors (Lipinski definition) is 1. The average Bonchev–Trinajstić information content (AvgIpc) is 3.24. The number of carbonyl (C=O) groups is 3. The zero-order valence-corrected chi connectivity index (χ0v) is 16.2. The van der Waals surface area contributed by atoms with E-state index in [1.165, 1.54) is 6.42 Å². The van der Waals surface area contributed by atoms with E-state index >= 15 is 0 Å². The monoisotopic (exact) mass is 379 g/mol. The molecule has 1 aliphatic carbocycles. The van der Waals surface area contributed by atoms with E-state index in [0.29, 0.717) is 18.7 Å². The number of likely N-dealkylation sites (tertiary alicyclic amines) is 1. The molecular formula is C23H27N2O3+. The molecule has 1 saturated carbocycles. The molecule has 5 nitrogen and oxygen atoms in total. The molecule has 146 valence electrons. The Morgan fingerprint density at radius 2 is 1.50 bits per heavy atom. The van der Waals surface area contributed by atoms with Crippen LogP contribution in [0.15, 0.2) is 42.5 Å². The standard InChI is InChI=1S/C23H26N2O3/c26-21(24-20-10-2-1-3-11-20)23(28)25(14-6-7-15-25)22(27)19-13-12-17-8-4-5-9-18(17)16-19/h4-5,8-9,12-13,16,20H,1-3,6-7,10-11,14-15H2/p+1. The highest BCUT2D eigenvalue weighted by Crippen LogP contribution is 2.26. The Balaban J connectivity index is 1.59. The highest BCUT2D eigenvalue weighted by molar-refractivity contribution is 6.34. The van der Waals surface area contributed by atoms with E-state index in [-0.39, 0.29) is 16.4 Å². The summed E-state index contributed by atoms with van der Waals surface area (Å²) in [5.41, 5.74) is 0.499. The Morgan fingerprint density at radius 3 is 2.21 bits per heavy atom. The van der Waals surface area contributed by atoms with Crippen LogP contribution in [0, 0.1) is 0 Å². The van der Waals surface area contributed by atoms with E-state index in [2.05, 4.69) is 5.32 Å². The molecule has 1 N–H and O–H groups in total. The van der Waals surface area contributed by atoms with Gasteiger partial charge < -0.3 is 5.32 Å². The first kappa shape index (κ1) is 18.8. The van der Waals surface area contributed by atoms with Crippen LogP contribution in [-0.2, 0) is 9.59 Å². The van der Waals surface area contributed by atoms with E-state index in [4.69, 9.17) is 0 Å².